The molecule has 0 aliphatic heterocycles. The Kier molecular flexibility index (Phi) is 7.69. The van der Waals surface area contributed by atoms with E-state index in [0.29, 0.717) is 23.7 Å². The van der Waals surface area contributed by atoms with Crippen LogP contribution in [0, 0.1) is 0 Å². The van der Waals surface area contributed by atoms with Gasteiger partial charge in [-0.25, -0.2) is 0 Å². The van der Waals surface area contributed by atoms with E-state index in [4.69, 9.17) is 4.74 Å². The highest BCUT2D eigenvalue weighted by atomic mass is 32.2. The van der Waals surface area contributed by atoms with Crippen molar-refractivity contribution in [1.82, 2.24) is 0 Å². The summed E-state index contributed by atoms with van der Waals surface area (Å²) in [4.78, 5) is 24.2. The van der Waals surface area contributed by atoms with E-state index in [2.05, 4.69) is 5.32 Å². The molecule has 0 saturated carbocycles. The minimum absolute atomic E-state index is 0.0135. The topological polar surface area (TPSA) is 55.4 Å². The molecule has 3 aromatic carbocycles. The second kappa shape index (κ2) is 10.6. The van der Waals surface area contributed by atoms with Gasteiger partial charge in [-0.3, -0.25) is 9.59 Å². The highest BCUT2D eigenvalue weighted by Gasteiger charge is 2.11. The number of hydrogen-bond acceptors (Lipinski definition) is 4. The van der Waals surface area contributed by atoms with Crippen LogP contribution in [0.5, 0.6) is 5.75 Å². The Morgan fingerprint density at radius 3 is 2.43 bits per heavy atom. The molecular weight excluding hydrogens is 394 g/mol. The van der Waals surface area contributed by atoms with Gasteiger partial charge in [0.25, 0.3) is 0 Å². The van der Waals surface area contributed by atoms with Crippen molar-refractivity contribution in [3.05, 3.63) is 83.9 Å². The molecule has 3 aromatic rings. The molecule has 0 fully saturated rings. The Morgan fingerprint density at radius 1 is 0.967 bits per heavy atom. The normalized spacial score (nSPS) is 10.5. The summed E-state index contributed by atoms with van der Waals surface area (Å²) >= 11 is 1.49. The highest BCUT2D eigenvalue weighted by Crippen LogP contribution is 2.28. The first-order chi connectivity index (χ1) is 14.6. The van der Waals surface area contributed by atoms with Crippen LogP contribution in [0.4, 0.5) is 5.69 Å². The third kappa shape index (κ3) is 5.74. The lowest BCUT2D eigenvalue weighted by Crippen LogP contribution is -2.15. The van der Waals surface area contributed by atoms with E-state index in [1.807, 2.05) is 73.7 Å². The summed E-state index contributed by atoms with van der Waals surface area (Å²) in [6.45, 7) is 4.02. The molecule has 0 aliphatic rings. The average molecular weight is 420 g/mol. The van der Waals surface area contributed by atoms with Gasteiger partial charge in [-0.1, -0.05) is 48.5 Å². The van der Waals surface area contributed by atoms with Crippen molar-refractivity contribution >= 4 is 29.1 Å². The summed E-state index contributed by atoms with van der Waals surface area (Å²) in [7, 11) is 0. The number of Topliss-reactive ketones (excluding diaryl/α,β-unsaturated/α-hetero) is 1. The smallest absolute Gasteiger partial charge is 0.234 e. The van der Waals surface area contributed by atoms with Crippen LogP contribution in [-0.2, 0) is 10.5 Å². The first-order valence-electron chi connectivity index (χ1n) is 9.87. The van der Waals surface area contributed by atoms with Gasteiger partial charge in [0.05, 0.1) is 12.4 Å². The predicted molar refractivity (Wildman–Crippen MR) is 124 cm³/mol. The van der Waals surface area contributed by atoms with Gasteiger partial charge < -0.3 is 10.1 Å². The molecule has 0 spiro atoms. The van der Waals surface area contributed by atoms with E-state index in [9.17, 15) is 9.59 Å². The van der Waals surface area contributed by atoms with Crippen molar-refractivity contribution in [2.45, 2.75) is 19.6 Å². The number of amides is 1. The first-order valence-corrected chi connectivity index (χ1v) is 11.0. The lowest BCUT2D eigenvalue weighted by Gasteiger charge is -2.13. The lowest BCUT2D eigenvalue weighted by molar-refractivity contribution is -0.113. The summed E-state index contributed by atoms with van der Waals surface area (Å²) in [5.41, 5.74) is 4.41. The number of hydrogen-bond donors (Lipinski definition) is 1. The van der Waals surface area contributed by atoms with Crippen LogP contribution in [0.25, 0.3) is 11.1 Å². The molecule has 0 aliphatic carbocycles. The van der Waals surface area contributed by atoms with Crippen LogP contribution in [0.3, 0.4) is 0 Å². The number of rotatable bonds is 9. The van der Waals surface area contributed by atoms with Gasteiger partial charge in [0, 0.05) is 28.1 Å². The van der Waals surface area contributed by atoms with Crippen molar-refractivity contribution in [2.75, 3.05) is 17.7 Å². The minimum atomic E-state index is -0.0657. The molecule has 0 heterocycles. The van der Waals surface area contributed by atoms with E-state index >= 15 is 0 Å². The zero-order valence-electron chi connectivity index (χ0n) is 17.2. The fraction of sp³-hybridized carbons (Fsp3) is 0.200. The van der Waals surface area contributed by atoms with Gasteiger partial charge in [0.1, 0.15) is 5.75 Å². The standard InChI is InChI=1S/C25H25NO3S/c1-3-29-24-14-13-20(18(2)27)15-21(24)16-30-17-25(28)26-23-12-8-7-11-22(23)19-9-5-4-6-10-19/h4-15H,3,16-17H2,1-2H3,(H,26,28). The monoisotopic (exact) mass is 419 g/mol. The largest absolute Gasteiger partial charge is 0.494 e. The number of carbonyl (C=O) groups excluding carboxylic acids is 2. The van der Waals surface area contributed by atoms with Gasteiger partial charge in [-0.2, -0.15) is 0 Å². The molecule has 0 aromatic heterocycles. The molecule has 0 radical (unpaired) electrons. The van der Waals surface area contributed by atoms with E-state index < -0.39 is 0 Å². The number of anilines is 1. The summed E-state index contributed by atoms with van der Waals surface area (Å²) in [6.07, 6.45) is 0. The molecule has 1 N–H and O–H groups in total. The van der Waals surface area contributed by atoms with Crippen molar-refractivity contribution in [1.29, 1.82) is 0 Å². The number of para-hydroxylation sites is 1. The summed E-state index contributed by atoms with van der Waals surface area (Å²) < 4.78 is 5.66. The zero-order valence-corrected chi connectivity index (χ0v) is 18.0. The van der Waals surface area contributed by atoms with Gasteiger partial charge in [0.15, 0.2) is 5.78 Å². The summed E-state index contributed by atoms with van der Waals surface area (Å²) in [5, 5.41) is 3.02. The molecule has 154 valence electrons. The van der Waals surface area contributed by atoms with E-state index in [1.54, 1.807) is 13.0 Å². The summed E-state index contributed by atoms with van der Waals surface area (Å²) in [6, 6.07) is 23.2. The lowest BCUT2D eigenvalue weighted by atomic mass is 10.0. The maximum Gasteiger partial charge on any atom is 0.234 e. The molecule has 0 bridgehead atoms. The number of ketones is 1. The Bertz CT molecular complexity index is 1020. The molecule has 0 atom stereocenters. The fourth-order valence-electron chi connectivity index (χ4n) is 3.11. The third-order valence-electron chi connectivity index (χ3n) is 4.54. The third-order valence-corrected chi connectivity index (χ3v) is 5.52. The van der Waals surface area contributed by atoms with Crippen molar-refractivity contribution < 1.29 is 14.3 Å². The Morgan fingerprint density at radius 2 is 1.70 bits per heavy atom. The average Bonchev–Trinajstić information content (AvgIpc) is 2.76. The van der Waals surface area contributed by atoms with Gasteiger partial charge in [-0.15, -0.1) is 11.8 Å². The van der Waals surface area contributed by atoms with Crippen LogP contribution in [0.2, 0.25) is 0 Å². The van der Waals surface area contributed by atoms with E-state index in [-0.39, 0.29) is 11.7 Å². The first kappa shape index (κ1) is 21.7. The zero-order chi connectivity index (χ0) is 21.3. The van der Waals surface area contributed by atoms with Crippen LogP contribution >= 0.6 is 11.8 Å². The number of carbonyl (C=O) groups is 2. The summed E-state index contributed by atoms with van der Waals surface area (Å²) in [5.74, 6) is 1.59. The van der Waals surface area contributed by atoms with Crippen molar-refractivity contribution in [2.24, 2.45) is 0 Å². The Balaban J connectivity index is 1.64. The predicted octanol–water partition coefficient (Wildman–Crippen LogP) is 5.83. The highest BCUT2D eigenvalue weighted by molar-refractivity contribution is 7.99. The minimum Gasteiger partial charge on any atom is -0.494 e. The molecule has 30 heavy (non-hydrogen) atoms. The van der Waals surface area contributed by atoms with E-state index in [1.165, 1.54) is 11.8 Å². The second-order valence-electron chi connectivity index (χ2n) is 6.76. The SMILES string of the molecule is CCOc1ccc(C(C)=O)cc1CSCC(=O)Nc1ccccc1-c1ccccc1. The van der Waals surface area contributed by atoms with Crippen LogP contribution < -0.4 is 10.1 Å². The molecule has 1 amide bonds. The van der Waals surface area contributed by atoms with Gasteiger partial charge >= 0.3 is 0 Å². The molecule has 4 nitrogen and oxygen atoms in total. The maximum atomic E-state index is 12.6. The van der Waals surface area contributed by atoms with Gasteiger partial charge in [0.2, 0.25) is 5.91 Å². The van der Waals surface area contributed by atoms with Crippen molar-refractivity contribution in [3.63, 3.8) is 0 Å². The van der Waals surface area contributed by atoms with Gasteiger partial charge in [-0.05, 0) is 43.7 Å². The van der Waals surface area contributed by atoms with Crippen LogP contribution in [0.1, 0.15) is 29.8 Å². The second-order valence-corrected chi connectivity index (χ2v) is 7.75. The fourth-order valence-corrected chi connectivity index (χ4v) is 3.91. The molecule has 3 rings (SSSR count). The number of nitrogens with one attached hydrogen (secondary N) is 1. The van der Waals surface area contributed by atoms with Crippen LogP contribution in [0.15, 0.2) is 72.8 Å². The van der Waals surface area contributed by atoms with Crippen LogP contribution in [-0.4, -0.2) is 24.1 Å². The molecule has 5 heteroatoms. The van der Waals surface area contributed by atoms with E-state index in [0.717, 1.165) is 28.1 Å². The molecule has 0 saturated heterocycles. The van der Waals surface area contributed by atoms with Crippen molar-refractivity contribution in [3.8, 4) is 16.9 Å². The Labute approximate surface area is 181 Å². The number of ether oxygens (including phenoxy) is 1. The number of benzene rings is 3. The quantitative estimate of drug-likeness (QED) is 0.444. The Hall–Kier alpha value is -3.05. The maximum absolute atomic E-state index is 12.6. The molecule has 0 unspecified atom stereocenters. The molecular formula is C25H25NO3S. The number of thioether (sulfide) groups is 1.